The molecule has 1 aliphatic rings. The molecule has 146 valence electrons. The smallest absolute Gasteiger partial charge is 0.305 e. The minimum atomic E-state index is -0.428. The Morgan fingerprint density at radius 3 is 2.57 bits per heavy atom. The Bertz CT molecular complexity index is 980. The number of aliphatic imine (C=N–C) groups is 1. The van der Waals surface area contributed by atoms with Crippen molar-refractivity contribution in [3.05, 3.63) is 53.8 Å². The summed E-state index contributed by atoms with van der Waals surface area (Å²) in [5, 5.41) is 12.6. The number of aliphatic hydroxyl groups excluding tert-OH is 1. The summed E-state index contributed by atoms with van der Waals surface area (Å²) in [6.07, 6.45) is 0.978. The summed E-state index contributed by atoms with van der Waals surface area (Å²) >= 11 is 0. The minimum absolute atomic E-state index is 0.0179. The van der Waals surface area contributed by atoms with Gasteiger partial charge in [0.15, 0.2) is 5.78 Å². The van der Waals surface area contributed by atoms with Gasteiger partial charge in [0.1, 0.15) is 5.76 Å². The van der Waals surface area contributed by atoms with Crippen molar-refractivity contribution >= 4 is 33.9 Å². The number of carbonyl (C=O) groups is 2. The number of hydrogen-bond donors (Lipinski definition) is 1. The Hall–Kier alpha value is -2.95. The van der Waals surface area contributed by atoms with Crippen LogP contribution in [0.25, 0.3) is 10.8 Å². The Kier molecular flexibility index (Phi) is 5.63. The van der Waals surface area contributed by atoms with Gasteiger partial charge in [-0.2, -0.15) is 0 Å². The van der Waals surface area contributed by atoms with E-state index in [9.17, 15) is 14.7 Å². The zero-order valence-electron chi connectivity index (χ0n) is 16.5. The average molecular weight is 379 g/mol. The minimum Gasteiger partial charge on any atom is -0.511 e. The van der Waals surface area contributed by atoms with Crippen LogP contribution in [0.15, 0.2) is 58.8 Å². The number of aliphatic hydroxyl groups is 1. The molecule has 0 saturated heterocycles. The van der Waals surface area contributed by atoms with Crippen LogP contribution in [0.5, 0.6) is 0 Å². The second kappa shape index (κ2) is 7.97. The van der Waals surface area contributed by atoms with E-state index < -0.39 is 5.97 Å². The van der Waals surface area contributed by atoms with Crippen molar-refractivity contribution in [1.29, 1.82) is 0 Å². The fraction of sp³-hybridized carbons (Fsp3) is 0.348. The fourth-order valence-corrected chi connectivity index (χ4v) is 3.61. The number of esters is 1. The number of rotatable bonds is 4. The van der Waals surface area contributed by atoms with Gasteiger partial charge < -0.3 is 9.84 Å². The van der Waals surface area contributed by atoms with Crippen LogP contribution in [-0.4, -0.2) is 29.7 Å². The van der Waals surface area contributed by atoms with Gasteiger partial charge in [-0.1, -0.05) is 50.2 Å². The van der Waals surface area contributed by atoms with Gasteiger partial charge in [-0.15, -0.1) is 0 Å². The molecule has 5 nitrogen and oxygen atoms in total. The first kappa shape index (κ1) is 19.8. The van der Waals surface area contributed by atoms with Crippen molar-refractivity contribution < 1.29 is 19.4 Å². The molecule has 5 heteroatoms. The lowest BCUT2D eigenvalue weighted by Crippen LogP contribution is -2.32. The third kappa shape index (κ3) is 4.30. The molecule has 0 spiro atoms. The van der Waals surface area contributed by atoms with E-state index in [0.29, 0.717) is 18.6 Å². The van der Waals surface area contributed by atoms with Gasteiger partial charge in [0.2, 0.25) is 0 Å². The highest BCUT2D eigenvalue weighted by molar-refractivity contribution is 6.25. The third-order valence-electron chi connectivity index (χ3n) is 4.96. The number of hydrogen-bond acceptors (Lipinski definition) is 5. The summed E-state index contributed by atoms with van der Waals surface area (Å²) in [5.41, 5.74) is 1.33. The second-order valence-electron chi connectivity index (χ2n) is 7.90. The molecule has 1 saturated carbocycles. The molecule has 0 bridgehead atoms. The lowest BCUT2D eigenvalue weighted by atomic mass is 9.73. The molecule has 1 fully saturated rings. The second-order valence-corrected chi connectivity index (χ2v) is 7.90. The van der Waals surface area contributed by atoms with Crippen LogP contribution in [0, 0.1) is 5.41 Å². The molecule has 0 unspecified atom stereocenters. The maximum Gasteiger partial charge on any atom is 0.305 e. The van der Waals surface area contributed by atoms with Gasteiger partial charge in [-0.25, -0.2) is 0 Å². The Morgan fingerprint density at radius 2 is 1.82 bits per heavy atom. The summed E-state index contributed by atoms with van der Waals surface area (Å²) in [5.74, 6) is -0.661. The Balaban J connectivity index is 2.08. The number of allylic oxidation sites excluding steroid dienone is 2. The molecule has 1 aliphatic carbocycles. The normalized spacial score (nSPS) is 19.7. The quantitative estimate of drug-likeness (QED) is 0.457. The van der Waals surface area contributed by atoms with Crippen LogP contribution in [0.3, 0.4) is 0 Å². The molecular weight excluding hydrogens is 354 g/mol. The summed E-state index contributed by atoms with van der Waals surface area (Å²) in [6.45, 7) is 4.04. The van der Waals surface area contributed by atoms with Crippen molar-refractivity contribution in [2.45, 2.75) is 39.5 Å². The van der Waals surface area contributed by atoms with Crippen LogP contribution < -0.4 is 0 Å². The van der Waals surface area contributed by atoms with Crippen LogP contribution in [-0.2, 0) is 14.3 Å². The first-order valence-electron chi connectivity index (χ1n) is 9.38. The molecule has 2 aromatic carbocycles. The van der Waals surface area contributed by atoms with E-state index in [-0.39, 0.29) is 35.4 Å². The van der Waals surface area contributed by atoms with E-state index in [1.54, 1.807) is 0 Å². The maximum atomic E-state index is 12.8. The predicted molar refractivity (Wildman–Crippen MR) is 110 cm³/mol. The van der Waals surface area contributed by atoms with E-state index in [1.165, 1.54) is 7.11 Å². The van der Waals surface area contributed by atoms with Crippen molar-refractivity contribution in [2.75, 3.05) is 7.11 Å². The largest absolute Gasteiger partial charge is 0.511 e. The van der Waals surface area contributed by atoms with Crippen LogP contribution in [0.1, 0.15) is 39.5 Å². The Morgan fingerprint density at radius 1 is 1.11 bits per heavy atom. The van der Waals surface area contributed by atoms with Crippen molar-refractivity contribution in [2.24, 2.45) is 10.4 Å². The standard InChI is InChI=1S/C23H25NO4/c1-23(2)13-18(22(20(26)14-23)19(25)11-12-21(27)28-3)24-17-10-6-8-15-7-4-5-9-16(15)17/h4-10,25H,11-14H2,1-3H3/b22-19+,24-18?. The van der Waals surface area contributed by atoms with Gasteiger partial charge in [-0.3, -0.25) is 14.6 Å². The summed E-state index contributed by atoms with van der Waals surface area (Å²) in [6, 6.07) is 13.8. The highest BCUT2D eigenvalue weighted by Gasteiger charge is 2.36. The summed E-state index contributed by atoms with van der Waals surface area (Å²) < 4.78 is 4.63. The number of ketones is 1. The van der Waals surface area contributed by atoms with E-state index in [0.717, 1.165) is 16.5 Å². The maximum absolute atomic E-state index is 12.8. The summed E-state index contributed by atoms with van der Waals surface area (Å²) in [4.78, 5) is 29.1. The highest BCUT2D eigenvalue weighted by Crippen LogP contribution is 2.37. The van der Waals surface area contributed by atoms with Gasteiger partial charge in [0.05, 0.1) is 30.5 Å². The van der Waals surface area contributed by atoms with E-state index in [4.69, 9.17) is 4.99 Å². The molecule has 1 N–H and O–H groups in total. The zero-order chi connectivity index (χ0) is 20.3. The van der Waals surface area contributed by atoms with Gasteiger partial charge in [-0.05, 0) is 23.3 Å². The predicted octanol–water partition coefficient (Wildman–Crippen LogP) is 5.07. The molecule has 3 rings (SSSR count). The number of carbonyl (C=O) groups excluding carboxylic acids is 2. The van der Waals surface area contributed by atoms with Gasteiger partial charge >= 0.3 is 5.97 Å². The van der Waals surface area contributed by atoms with Crippen molar-refractivity contribution in [1.82, 2.24) is 0 Å². The van der Waals surface area contributed by atoms with E-state index in [2.05, 4.69) is 4.74 Å². The van der Waals surface area contributed by atoms with E-state index in [1.807, 2.05) is 56.3 Å². The molecule has 0 aliphatic heterocycles. The first-order chi connectivity index (χ1) is 13.3. The monoisotopic (exact) mass is 379 g/mol. The van der Waals surface area contributed by atoms with E-state index >= 15 is 0 Å². The van der Waals surface area contributed by atoms with Crippen LogP contribution in [0.2, 0.25) is 0 Å². The lowest BCUT2D eigenvalue weighted by Gasteiger charge is -2.31. The van der Waals surface area contributed by atoms with Gasteiger partial charge in [0, 0.05) is 18.2 Å². The number of nitrogens with zero attached hydrogens (tertiary/aromatic N) is 1. The molecule has 0 atom stereocenters. The molecule has 0 aromatic heterocycles. The fourth-order valence-electron chi connectivity index (χ4n) is 3.61. The molecule has 2 aromatic rings. The molecular formula is C23H25NO4. The molecule has 0 heterocycles. The molecule has 28 heavy (non-hydrogen) atoms. The lowest BCUT2D eigenvalue weighted by molar-refractivity contribution is -0.140. The van der Waals surface area contributed by atoms with Gasteiger partial charge in [0.25, 0.3) is 0 Å². The highest BCUT2D eigenvalue weighted by atomic mass is 16.5. The third-order valence-corrected chi connectivity index (χ3v) is 4.96. The number of fused-ring (bicyclic) bond motifs is 1. The number of ether oxygens (including phenoxy) is 1. The molecule has 0 amide bonds. The number of benzene rings is 2. The topological polar surface area (TPSA) is 76.0 Å². The summed E-state index contributed by atoms with van der Waals surface area (Å²) in [7, 11) is 1.30. The van der Waals surface area contributed by atoms with Crippen LogP contribution in [0.4, 0.5) is 5.69 Å². The van der Waals surface area contributed by atoms with Crippen molar-refractivity contribution in [3.8, 4) is 0 Å². The first-order valence-corrected chi connectivity index (χ1v) is 9.38. The van der Waals surface area contributed by atoms with Crippen LogP contribution >= 0.6 is 0 Å². The average Bonchev–Trinajstić information content (AvgIpc) is 2.65. The van der Waals surface area contributed by atoms with Crippen molar-refractivity contribution in [3.63, 3.8) is 0 Å². The number of methoxy groups -OCH3 is 1. The Labute approximate surface area is 164 Å². The SMILES string of the molecule is COC(=O)CC/C(O)=C1\C(=O)CC(C)(C)CC1=Nc1cccc2ccccc12. The number of Topliss-reactive ketones (excluding diaryl/α,β-unsaturated/α-hetero) is 1. The zero-order valence-corrected chi connectivity index (χ0v) is 16.5. The molecule has 0 radical (unpaired) electrons.